The van der Waals surface area contributed by atoms with Crippen LogP contribution < -0.4 is 0 Å². The summed E-state index contributed by atoms with van der Waals surface area (Å²) >= 11 is 3.42. The van der Waals surface area contributed by atoms with Gasteiger partial charge in [-0.05, 0) is 37.9 Å². The molecule has 0 aliphatic carbocycles. The van der Waals surface area contributed by atoms with Crippen LogP contribution in [0.4, 0.5) is 0 Å². The zero-order chi connectivity index (χ0) is 13.0. The van der Waals surface area contributed by atoms with Crippen molar-refractivity contribution in [1.82, 2.24) is 4.90 Å². The van der Waals surface area contributed by atoms with E-state index in [1.54, 1.807) is 0 Å². The van der Waals surface area contributed by atoms with Crippen LogP contribution in [0.3, 0.4) is 0 Å². The molecule has 1 atom stereocenters. The summed E-state index contributed by atoms with van der Waals surface area (Å²) in [6, 6.07) is 8.28. The first-order valence-corrected chi connectivity index (χ1v) is 7.53. The van der Waals surface area contributed by atoms with Crippen LogP contribution in [0.5, 0.6) is 0 Å². The van der Waals surface area contributed by atoms with Crippen molar-refractivity contribution < 1.29 is 4.79 Å². The molecule has 1 heterocycles. The van der Waals surface area contributed by atoms with E-state index in [-0.39, 0.29) is 5.78 Å². The van der Waals surface area contributed by atoms with Crippen molar-refractivity contribution >= 4 is 21.7 Å². The lowest BCUT2D eigenvalue weighted by atomic mass is 9.99. The van der Waals surface area contributed by atoms with E-state index in [9.17, 15) is 4.79 Å². The molecule has 1 aromatic carbocycles. The van der Waals surface area contributed by atoms with Crippen molar-refractivity contribution in [2.75, 3.05) is 13.1 Å². The fraction of sp³-hybridized carbons (Fsp3) is 0.533. The molecule has 2 rings (SSSR count). The topological polar surface area (TPSA) is 20.3 Å². The standard InChI is InChI=1S/C15H20BrNO/c1-2-14-8-3-4-9-17(14)11-15(18)12-6-5-7-13(16)10-12/h5-7,10,14H,2-4,8-9,11H2,1H3. The summed E-state index contributed by atoms with van der Waals surface area (Å²) in [6.45, 7) is 3.85. The summed E-state index contributed by atoms with van der Waals surface area (Å²) < 4.78 is 0.971. The molecule has 18 heavy (non-hydrogen) atoms. The van der Waals surface area contributed by atoms with Crippen LogP contribution in [-0.2, 0) is 0 Å². The number of benzene rings is 1. The Labute approximate surface area is 117 Å². The molecule has 1 aliphatic rings. The van der Waals surface area contributed by atoms with Gasteiger partial charge in [0.05, 0.1) is 6.54 Å². The molecule has 0 amide bonds. The number of Topliss-reactive ketones (excluding diaryl/α,β-unsaturated/α-hetero) is 1. The van der Waals surface area contributed by atoms with Gasteiger partial charge in [0, 0.05) is 16.1 Å². The largest absolute Gasteiger partial charge is 0.293 e. The van der Waals surface area contributed by atoms with Gasteiger partial charge in [0.2, 0.25) is 0 Å². The average Bonchev–Trinajstić information content (AvgIpc) is 2.39. The molecule has 0 saturated carbocycles. The Morgan fingerprint density at radius 1 is 1.44 bits per heavy atom. The summed E-state index contributed by atoms with van der Waals surface area (Å²) in [6.07, 6.45) is 4.91. The van der Waals surface area contributed by atoms with Crippen LogP contribution >= 0.6 is 15.9 Å². The van der Waals surface area contributed by atoms with Crippen LogP contribution in [0.1, 0.15) is 43.0 Å². The molecule has 1 aromatic rings. The van der Waals surface area contributed by atoms with Crippen molar-refractivity contribution in [2.45, 2.75) is 38.6 Å². The Morgan fingerprint density at radius 3 is 3.00 bits per heavy atom. The lowest BCUT2D eigenvalue weighted by molar-refractivity contribution is 0.0838. The van der Waals surface area contributed by atoms with Gasteiger partial charge in [0.25, 0.3) is 0 Å². The van der Waals surface area contributed by atoms with Crippen LogP contribution in [0, 0.1) is 0 Å². The van der Waals surface area contributed by atoms with E-state index in [4.69, 9.17) is 0 Å². The minimum Gasteiger partial charge on any atom is -0.293 e. The van der Waals surface area contributed by atoms with Gasteiger partial charge < -0.3 is 0 Å². The molecular formula is C15H20BrNO. The molecule has 1 saturated heterocycles. The minimum absolute atomic E-state index is 0.233. The van der Waals surface area contributed by atoms with Gasteiger partial charge in [-0.3, -0.25) is 9.69 Å². The van der Waals surface area contributed by atoms with Crippen molar-refractivity contribution in [2.24, 2.45) is 0 Å². The molecule has 2 nitrogen and oxygen atoms in total. The molecule has 98 valence electrons. The summed E-state index contributed by atoms with van der Waals surface area (Å²) in [5.41, 5.74) is 0.810. The monoisotopic (exact) mass is 309 g/mol. The maximum absolute atomic E-state index is 12.3. The third kappa shape index (κ3) is 3.42. The smallest absolute Gasteiger partial charge is 0.176 e. The normalized spacial score (nSPS) is 20.9. The number of hydrogen-bond acceptors (Lipinski definition) is 2. The maximum atomic E-state index is 12.3. The molecular weight excluding hydrogens is 290 g/mol. The SMILES string of the molecule is CCC1CCCCN1CC(=O)c1cccc(Br)c1. The molecule has 0 aromatic heterocycles. The number of nitrogens with zero attached hydrogens (tertiary/aromatic N) is 1. The number of hydrogen-bond donors (Lipinski definition) is 0. The van der Waals surface area contributed by atoms with Crippen molar-refractivity contribution in [3.8, 4) is 0 Å². The zero-order valence-electron chi connectivity index (χ0n) is 10.9. The fourth-order valence-electron chi connectivity index (χ4n) is 2.67. The number of rotatable bonds is 4. The Morgan fingerprint density at radius 2 is 2.28 bits per heavy atom. The van der Waals surface area contributed by atoms with E-state index in [1.807, 2.05) is 24.3 Å². The number of piperidine rings is 1. The molecule has 1 fully saturated rings. The van der Waals surface area contributed by atoms with Crippen molar-refractivity contribution in [3.05, 3.63) is 34.3 Å². The third-order valence-electron chi connectivity index (χ3n) is 3.71. The van der Waals surface area contributed by atoms with Gasteiger partial charge in [0.1, 0.15) is 0 Å². The van der Waals surface area contributed by atoms with E-state index in [2.05, 4.69) is 27.8 Å². The predicted molar refractivity (Wildman–Crippen MR) is 78.0 cm³/mol. The molecule has 0 bridgehead atoms. The second-order valence-corrected chi connectivity index (χ2v) is 5.88. The number of carbonyl (C=O) groups excluding carboxylic acids is 1. The van der Waals surface area contributed by atoms with E-state index in [1.165, 1.54) is 19.3 Å². The van der Waals surface area contributed by atoms with Crippen molar-refractivity contribution in [1.29, 1.82) is 0 Å². The van der Waals surface area contributed by atoms with Gasteiger partial charge in [-0.15, -0.1) is 0 Å². The van der Waals surface area contributed by atoms with Crippen LogP contribution in [0.25, 0.3) is 0 Å². The van der Waals surface area contributed by atoms with E-state index < -0.39 is 0 Å². The molecule has 0 spiro atoms. The van der Waals surface area contributed by atoms with E-state index in [0.717, 1.165) is 23.0 Å². The lowest BCUT2D eigenvalue weighted by Crippen LogP contribution is -2.42. The molecule has 0 radical (unpaired) electrons. The Balaban J connectivity index is 2.02. The first kappa shape index (κ1) is 13.8. The Kier molecular flexibility index (Phi) is 4.95. The summed E-state index contributed by atoms with van der Waals surface area (Å²) in [7, 11) is 0. The first-order chi connectivity index (χ1) is 8.70. The number of likely N-dealkylation sites (tertiary alicyclic amines) is 1. The van der Waals surface area contributed by atoms with Crippen LogP contribution in [0.15, 0.2) is 28.7 Å². The highest BCUT2D eigenvalue weighted by molar-refractivity contribution is 9.10. The Hall–Kier alpha value is -0.670. The molecule has 0 N–H and O–H groups in total. The first-order valence-electron chi connectivity index (χ1n) is 6.73. The highest BCUT2D eigenvalue weighted by atomic mass is 79.9. The fourth-order valence-corrected chi connectivity index (χ4v) is 3.07. The molecule has 3 heteroatoms. The molecule has 1 aliphatic heterocycles. The Bertz CT molecular complexity index is 419. The second kappa shape index (κ2) is 6.48. The highest BCUT2D eigenvalue weighted by Gasteiger charge is 2.23. The van der Waals surface area contributed by atoms with Crippen LogP contribution in [-0.4, -0.2) is 29.8 Å². The number of halogens is 1. The molecule has 1 unspecified atom stereocenters. The van der Waals surface area contributed by atoms with Crippen LogP contribution in [0.2, 0.25) is 0 Å². The summed E-state index contributed by atoms with van der Waals surface area (Å²) in [4.78, 5) is 14.6. The third-order valence-corrected chi connectivity index (χ3v) is 4.21. The number of ketones is 1. The summed E-state index contributed by atoms with van der Waals surface area (Å²) in [5, 5.41) is 0. The van der Waals surface area contributed by atoms with E-state index >= 15 is 0 Å². The quantitative estimate of drug-likeness (QED) is 0.786. The van der Waals surface area contributed by atoms with Gasteiger partial charge in [-0.1, -0.05) is 41.4 Å². The van der Waals surface area contributed by atoms with Gasteiger partial charge in [-0.25, -0.2) is 0 Å². The minimum atomic E-state index is 0.233. The van der Waals surface area contributed by atoms with E-state index in [0.29, 0.717) is 12.6 Å². The zero-order valence-corrected chi connectivity index (χ0v) is 12.4. The van der Waals surface area contributed by atoms with Gasteiger partial charge in [-0.2, -0.15) is 0 Å². The van der Waals surface area contributed by atoms with Gasteiger partial charge >= 0.3 is 0 Å². The number of carbonyl (C=O) groups is 1. The average molecular weight is 310 g/mol. The van der Waals surface area contributed by atoms with Crippen molar-refractivity contribution in [3.63, 3.8) is 0 Å². The second-order valence-electron chi connectivity index (χ2n) is 4.96. The lowest BCUT2D eigenvalue weighted by Gasteiger charge is -2.34. The highest BCUT2D eigenvalue weighted by Crippen LogP contribution is 2.20. The maximum Gasteiger partial charge on any atom is 0.176 e. The predicted octanol–water partition coefficient (Wildman–Crippen LogP) is 3.90. The summed E-state index contributed by atoms with van der Waals surface area (Å²) in [5.74, 6) is 0.233. The van der Waals surface area contributed by atoms with Gasteiger partial charge in [0.15, 0.2) is 5.78 Å².